The van der Waals surface area contributed by atoms with E-state index in [2.05, 4.69) is 9.82 Å². The second-order valence-corrected chi connectivity index (χ2v) is 6.51. The van der Waals surface area contributed by atoms with Crippen molar-refractivity contribution in [2.24, 2.45) is 0 Å². The highest BCUT2D eigenvalue weighted by Crippen LogP contribution is 2.16. The molecular weight excluding hydrogens is 256 g/mol. The molecule has 1 aromatic heterocycles. The van der Waals surface area contributed by atoms with Gasteiger partial charge in [-0.05, 0) is 20.3 Å². The number of nitrogens with one attached hydrogen (secondary N) is 1. The summed E-state index contributed by atoms with van der Waals surface area (Å²) in [6.07, 6.45) is 2.23. The van der Waals surface area contributed by atoms with Crippen molar-refractivity contribution in [2.45, 2.75) is 44.2 Å². The predicted molar refractivity (Wildman–Crippen MR) is 68.4 cm³/mol. The highest BCUT2D eigenvalue weighted by Gasteiger charge is 2.23. The summed E-state index contributed by atoms with van der Waals surface area (Å²) < 4.78 is 27.7. The highest BCUT2D eigenvalue weighted by atomic mass is 32.2. The normalized spacial score (nSPS) is 12.9. The Morgan fingerprint density at radius 3 is 2.67 bits per heavy atom. The highest BCUT2D eigenvalue weighted by molar-refractivity contribution is 7.89. The largest absolute Gasteiger partial charge is 0.389 e. The van der Waals surface area contributed by atoms with E-state index in [1.54, 1.807) is 0 Å². The van der Waals surface area contributed by atoms with Crippen LogP contribution >= 0.6 is 0 Å². The lowest BCUT2D eigenvalue weighted by Crippen LogP contribution is -2.38. The first-order valence-electron chi connectivity index (χ1n) is 5.70. The standard InChI is InChI=1S/C10H20N4O3S/c1-4-5-14-6-8(9(11)13-14)18(16,17)12-7-10(2,3)15/h6,12,15H,4-5,7H2,1-3H3,(H2,11,13). The van der Waals surface area contributed by atoms with Crippen molar-refractivity contribution in [3.63, 3.8) is 0 Å². The number of aliphatic hydroxyl groups is 1. The number of aromatic nitrogens is 2. The van der Waals surface area contributed by atoms with Gasteiger partial charge in [0.15, 0.2) is 5.82 Å². The van der Waals surface area contributed by atoms with E-state index in [-0.39, 0.29) is 17.3 Å². The number of sulfonamides is 1. The second kappa shape index (κ2) is 5.25. The van der Waals surface area contributed by atoms with Gasteiger partial charge >= 0.3 is 0 Å². The van der Waals surface area contributed by atoms with Crippen molar-refractivity contribution in [1.29, 1.82) is 0 Å². The number of rotatable bonds is 6. The first-order valence-corrected chi connectivity index (χ1v) is 7.19. The molecule has 1 rings (SSSR count). The Balaban J connectivity index is 2.91. The monoisotopic (exact) mass is 276 g/mol. The second-order valence-electron chi connectivity index (χ2n) is 4.78. The van der Waals surface area contributed by atoms with E-state index in [0.29, 0.717) is 6.54 Å². The van der Waals surface area contributed by atoms with E-state index >= 15 is 0 Å². The van der Waals surface area contributed by atoms with Gasteiger partial charge in [-0.2, -0.15) is 5.10 Å². The molecule has 0 radical (unpaired) electrons. The van der Waals surface area contributed by atoms with Gasteiger partial charge in [-0.15, -0.1) is 0 Å². The molecule has 0 aromatic carbocycles. The molecule has 0 unspecified atom stereocenters. The molecule has 0 aliphatic heterocycles. The van der Waals surface area contributed by atoms with Crippen LogP contribution in [0.15, 0.2) is 11.1 Å². The van der Waals surface area contributed by atoms with Crippen molar-refractivity contribution in [1.82, 2.24) is 14.5 Å². The van der Waals surface area contributed by atoms with Gasteiger partial charge in [0.25, 0.3) is 0 Å². The fourth-order valence-corrected chi connectivity index (χ4v) is 2.59. The summed E-state index contributed by atoms with van der Waals surface area (Å²) >= 11 is 0. The number of nitrogens with two attached hydrogens (primary N) is 1. The van der Waals surface area contributed by atoms with Crippen molar-refractivity contribution in [2.75, 3.05) is 12.3 Å². The number of nitrogen functional groups attached to an aromatic ring is 1. The quantitative estimate of drug-likeness (QED) is 0.673. The Morgan fingerprint density at radius 2 is 2.17 bits per heavy atom. The molecule has 1 aromatic rings. The molecule has 8 heteroatoms. The maximum atomic E-state index is 12.0. The summed E-state index contributed by atoms with van der Waals surface area (Å²) in [4.78, 5) is -0.0554. The SMILES string of the molecule is CCCn1cc(S(=O)(=O)NCC(C)(C)O)c(N)n1. The summed E-state index contributed by atoms with van der Waals surface area (Å²) in [5.74, 6) is -0.0355. The molecule has 18 heavy (non-hydrogen) atoms. The fraction of sp³-hybridized carbons (Fsp3) is 0.700. The average molecular weight is 276 g/mol. The maximum absolute atomic E-state index is 12.0. The van der Waals surface area contributed by atoms with E-state index < -0.39 is 15.6 Å². The number of anilines is 1. The number of nitrogens with zero attached hydrogens (tertiary/aromatic N) is 2. The summed E-state index contributed by atoms with van der Waals surface area (Å²) in [5.41, 5.74) is 4.46. The Bertz CT molecular complexity index is 502. The number of hydrogen-bond acceptors (Lipinski definition) is 5. The van der Waals surface area contributed by atoms with Crippen LogP contribution in [0.25, 0.3) is 0 Å². The van der Waals surface area contributed by atoms with Gasteiger partial charge in [0.2, 0.25) is 10.0 Å². The molecule has 0 atom stereocenters. The zero-order valence-corrected chi connectivity index (χ0v) is 11.7. The van der Waals surface area contributed by atoms with E-state index in [4.69, 9.17) is 5.73 Å². The molecular formula is C10H20N4O3S. The van der Waals surface area contributed by atoms with E-state index in [1.165, 1.54) is 24.7 Å². The smallest absolute Gasteiger partial charge is 0.245 e. The van der Waals surface area contributed by atoms with Crippen molar-refractivity contribution >= 4 is 15.8 Å². The zero-order chi connectivity index (χ0) is 14.0. The third-order valence-corrected chi connectivity index (χ3v) is 3.61. The first-order chi connectivity index (χ1) is 8.15. The van der Waals surface area contributed by atoms with Gasteiger partial charge in [0.1, 0.15) is 4.90 Å². The van der Waals surface area contributed by atoms with Gasteiger partial charge in [-0.1, -0.05) is 6.92 Å². The molecule has 0 fully saturated rings. The van der Waals surface area contributed by atoms with Crippen LogP contribution < -0.4 is 10.5 Å². The minimum atomic E-state index is -3.74. The molecule has 104 valence electrons. The average Bonchev–Trinajstić information content (AvgIpc) is 2.57. The lowest BCUT2D eigenvalue weighted by molar-refractivity contribution is 0.0857. The van der Waals surface area contributed by atoms with Gasteiger partial charge in [-0.25, -0.2) is 13.1 Å². The van der Waals surface area contributed by atoms with Crippen molar-refractivity contribution < 1.29 is 13.5 Å². The van der Waals surface area contributed by atoms with Gasteiger partial charge in [0.05, 0.1) is 5.60 Å². The number of hydrogen-bond donors (Lipinski definition) is 3. The van der Waals surface area contributed by atoms with Gasteiger partial charge in [-0.3, -0.25) is 4.68 Å². The van der Waals surface area contributed by atoms with Crippen molar-refractivity contribution in [3.05, 3.63) is 6.20 Å². The van der Waals surface area contributed by atoms with E-state index in [0.717, 1.165) is 6.42 Å². The maximum Gasteiger partial charge on any atom is 0.245 e. The lowest BCUT2D eigenvalue weighted by Gasteiger charge is -2.17. The molecule has 0 spiro atoms. The summed E-state index contributed by atoms with van der Waals surface area (Å²) in [6.45, 7) is 5.50. The zero-order valence-electron chi connectivity index (χ0n) is 10.8. The molecule has 4 N–H and O–H groups in total. The fourth-order valence-electron chi connectivity index (χ4n) is 1.32. The van der Waals surface area contributed by atoms with E-state index in [1.807, 2.05) is 6.92 Å². The lowest BCUT2D eigenvalue weighted by atomic mass is 10.1. The Hall–Kier alpha value is -1.12. The van der Waals surface area contributed by atoms with Crippen LogP contribution in [-0.4, -0.2) is 35.5 Å². The Morgan fingerprint density at radius 1 is 1.56 bits per heavy atom. The van der Waals surface area contributed by atoms with Gasteiger partial charge in [0, 0.05) is 19.3 Å². The summed E-state index contributed by atoms with van der Waals surface area (Å²) in [7, 11) is -3.74. The molecule has 0 bridgehead atoms. The Labute approximate surface area is 107 Å². The van der Waals surface area contributed by atoms with Crippen LogP contribution in [0, 0.1) is 0 Å². The molecule has 1 heterocycles. The number of aryl methyl sites for hydroxylation is 1. The summed E-state index contributed by atoms with van der Waals surface area (Å²) in [6, 6.07) is 0. The van der Waals surface area contributed by atoms with Crippen LogP contribution in [0.4, 0.5) is 5.82 Å². The first kappa shape index (κ1) is 14.9. The molecule has 7 nitrogen and oxygen atoms in total. The van der Waals surface area contributed by atoms with E-state index in [9.17, 15) is 13.5 Å². The molecule has 0 saturated heterocycles. The third-order valence-electron chi connectivity index (χ3n) is 2.19. The topological polar surface area (TPSA) is 110 Å². The molecule has 0 aliphatic rings. The van der Waals surface area contributed by atoms with Crippen molar-refractivity contribution in [3.8, 4) is 0 Å². The van der Waals surface area contributed by atoms with Crippen LogP contribution in [0.1, 0.15) is 27.2 Å². The molecule has 0 amide bonds. The minimum Gasteiger partial charge on any atom is -0.389 e. The molecule has 0 aliphatic carbocycles. The molecule has 0 saturated carbocycles. The van der Waals surface area contributed by atoms with Crippen LogP contribution in [0.2, 0.25) is 0 Å². The Kier molecular flexibility index (Phi) is 4.36. The van der Waals surface area contributed by atoms with Crippen LogP contribution in [-0.2, 0) is 16.6 Å². The third kappa shape index (κ3) is 3.97. The predicted octanol–water partition coefficient (Wildman–Crippen LogP) is -0.0755. The minimum absolute atomic E-state index is 0.0355. The van der Waals surface area contributed by atoms with Crippen LogP contribution in [0.5, 0.6) is 0 Å². The van der Waals surface area contributed by atoms with Crippen LogP contribution in [0.3, 0.4) is 0 Å². The van der Waals surface area contributed by atoms with Gasteiger partial charge < -0.3 is 10.8 Å². The summed E-state index contributed by atoms with van der Waals surface area (Å²) in [5, 5.41) is 13.4.